The number of carboxylic acids is 1. The summed E-state index contributed by atoms with van der Waals surface area (Å²) in [7, 11) is 0. The van der Waals surface area contributed by atoms with Crippen molar-refractivity contribution in [3.63, 3.8) is 0 Å². The predicted molar refractivity (Wildman–Crippen MR) is 94.1 cm³/mol. The van der Waals surface area contributed by atoms with Gasteiger partial charge >= 0.3 is 0 Å². The lowest BCUT2D eigenvalue weighted by Crippen LogP contribution is -2.24. The Morgan fingerprint density at radius 2 is 1.42 bits per heavy atom. The molecule has 0 bridgehead atoms. The SMILES string of the molecule is O=C([O-])c1ccccc1N[C@@H](c1ccccc1)c1ccc(Cl)cc1. The molecular weight excluding hydrogens is 322 g/mol. The summed E-state index contributed by atoms with van der Waals surface area (Å²) in [5.74, 6) is -1.21. The second kappa shape index (κ2) is 7.20. The van der Waals surface area contributed by atoms with Crippen LogP contribution in [-0.2, 0) is 0 Å². The van der Waals surface area contributed by atoms with Gasteiger partial charge in [-0.05, 0) is 29.3 Å². The predicted octanol–water partition coefficient (Wildman–Crippen LogP) is 3.91. The first-order chi connectivity index (χ1) is 11.6. The normalized spacial score (nSPS) is 11.7. The molecule has 0 amide bonds. The molecule has 3 aromatic rings. The number of halogens is 1. The maximum absolute atomic E-state index is 11.4. The van der Waals surface area contributed by atoms with E-state index in [2.05, 4.69) is 5.32 Å². The molecule has 1 N–H and O–H groups in total. The van der Waals surface area contributed by atoms with E-state index < -0.39 is 5.97 Å². The number of benzene rings is 3. The highest BCUT2D eigenvalue weighted by Crippen LogP contribution is 2.29. The first-order valence-corrected chi connectivity index (χ1v) is 7.90. The van der Waals surface area contributed by atoms with Gasteiger partial charge in [0.2, 0.25) is 0 Å². The Balaban J connectivity index is 2.03. The van der Waals surface area contributed by atoms with Crippen LogP contribution in [0.3, 0.4) is 0 Å². The fourth-order valence-electron chi connectivity index (χ4n) is 2.60. The van der Waals surface area contributed by atoms with E-state index in [0.717, 1.165) is 11.1 Å². The highest BCUT2D eigenvalue weighted by molar-refractivity contribution is 6.30. The Bertz CT molecular complexity index is 832. The average Bonchev–Trinajstić information content (AvgIpc) is 2.61. The maximum atomic E-state index is 11.4. The number of para-hydroxylation sites is 1. The molecule has 1 atom stereocenters. The first kappa shape index (κ1) is 16.1. The van der Waals surface area contributed by atoms with Crippen LogP contribution in [0.25, 0.3) is 0 Å². The molecule has 120 valence electrons. The van der Waals surface area contributed by atoms with E-state index in [1.54, 1.807) is 18.2 Å². The van der Waals surface area contributed by atoms with Crippen molar-refractivity contribution in [3.8, 4) is 0 Å². The molecule has 0 heterocycles. The van der Waals surface area contributed by atoms with E-state index >= 15 is 0 Å². The quantitative estimate of drug-likeness (QED) is 0.768. The van der Waals surface area contributed by atoms with Crippen LogP contribution in [0.15, 0.2) is 78.9 Å². The minimum Gasteiger partial charge on any atom is -0.545 e. The zero-order valence-electron chi connectivity index (χ0n) is 12.8. The number of anilines is 1. The number of aromatic carboxylic acids is 1. The van der Waals surface area contributed by atoms with Gasteiger partial charge in [-0.1, -0.05) is 72.3 Å². The fraction of sp³-hybridized carbons (Fsp3) is 0.0500. The van der Waals surface area contributed by atoms with Crippen molar-refractivity contribution < 1.29 is 9.90 Å². The lowest BCUT2D eigenvalue weighted by molar-refractivity contribution is -0.254. The summed E-state index contributed by atoms with van der Waals surface area (Å²) in [6.45, 7) is 0. The highest BCUT2D eigenvalue weighted by Gasteiger charge is 2.15. The lowest BCUT2D eigenvalue weighted by Gasteiger charge is -2.23. The molecule has 0 aliphatic heterocycles. The van der Waals surface area contributed by atoms with Gasteiger partial charge in [0.05, 0.1) is 12.0 Å². The van der Waals surface area contributed by atoms with E-state index in [-0.39, 0.29) is 11.6 Å². The third-order valence-corrected chi connectivity index (χ3v) is 4.04. The van der Waals surface area contributed by atoms with E-state index in [1.165, 1.54) is 6.07 Å². The molecule has 3 rings (SSSR count). The van der Waals surface area contributed by atoms with Gasteiger partial charge in [0.1, 0.15) is 0 Å². The maximum Gasteiger partial charge on any atom is 0.0767 e. The standard InChI is InChI=1S/C20H16ClNO2/c21-16-12-10-15(11-13-16)19(14-6-2-1-3-7-14)22-18-9-5-4-8-17(18)20(23)24/h1-13,19,22H,(H,23,24)/p-1/t19-/m0/s1. The molecule has 24 heavy (non-hydrogen) atoms. The van der Waals surface area contributed by atoms with Gasteiger partial charge < -0.3 is 15.2 Å². The molecule has 4 heteroatoms. The van der Waals surface area contributed by atoms with Crippen molar-refractivity contribution in [1.82, 2.24) is 0 Å². The molecule has 0 spiro atoms. The van der Waals surface area contributed by atoms with Gasteiger partial charge in [-0.3, -0.25) is 0 Å². The van der Waals surface area contributed by atoms with Crippen LogP contribution < -0.4 is 10.4 Å². The summed E-state index contributed by atoms with van der Waals surface area (Å²) in [4.78, 5) is 11.4. The van der Waals surface area contributed by atoms with Gasteiger partial charge in [0.25, 0.3) is 0 Å². The molecule has 3 aromatic carbocycles. The molecule has 0 aliphatic rings. The summed E-state index contributed by atoms with van der Waals surface area (Å²) in [5.41, 5.74) is 2.65. The van der Waals surface area contributed by atoms with Crippen molar-refractivity contribution in [1.29, 1.82) is 0 Å². The molecule has 0 aliphatic carbocycles. The Hall–Kier alpha value is -2.78. The molecule has 0 unspecified atom stereocenters. The zero-order valence-corrected chi connectivity index (χ0v) is 13.5. The van der Waals surface area contributed by atoms with Crippen LogP contribution in [0.5, 0.6) is 0 Å². The van der Waals surface area contributed by atoms with Crippen LogP contribution in [0.4, 0.5) is 5.69 Å². The highest BCUT2D eigenvalue weighted by atomic mass is 35.5. The van der Waals surface area contributed by atoms with Crippen molar-refractivity contribution in [2.45, 2.75) is 6.04 Å². The minimum atomic E-state index is -1.21. The first-order valence-electron chi connectivity index (χ1n) is 7.52. The fourth-order valence-corrected chi connectivity index (χ4v) is 2.73. The summed E-state index contributed by atoms with van der Waals surface area (Å²) < 4.78 is 0. The van der Waals surface area contributed by atoms with E-state index in [9.17, 15) is 9.90 Å². The van der Waals surface area contributed by atoms with Crippen molar-refractivity contribution in [2.75, 3.05) is 5.32 Å². The number of rotatable bonds is 5. The Morgan fingerprint density at radius 1 is 0.833 bits per heavy atom. The van der Waals surface area contributed by atoms with Gasteiger partial charge in [-0.25, -0.2) is 0 Å². The molecule has 3 nitrogen and oxygen atoms in total. The summed E-state index contributed by atoms with van der Waals surface area (Å²) in [6, 6.07) is 23.8. The molecule has 0 fully saturated rings. The summed E-state index contributed by atoms with van der Waals surface area (Å²) >= 11 is 5.98. The minimum absolute atomic E-state index is 0.132. The van der Waals surface area contributed by atoms with Crippen LogP contribution in [-0.4, -0.2) is 5.97 Å². The van der Waals surface area contributed by atoms with Gasteiger partial charge in [-0.2, -0.15) is 0 Å². The zero-order chi connectivity index (χ0) is 16.9. The number of carbonyl (C=O) groups excluding carboxylic acids is 1. The Morgan fingerprint density at radius 3 is 2.08 bits per heavy atom. The second-order valence-corrected chi connectivity index (χ2v) is 5.81. The van der Waals surface area contributed by atoms with Crippen LogP contribution in [0.1, 0.15) is 27.5 Å². The number of carboxylic acid groups (broad SMARTS) is 1. The number of carbonyl (C=O) groups is 1. The summed E-state index contributed by atoms with van der Waals surface area (Å²) in [6.07, 6.45) is 0. The third-order valence-electron chi connectivity index (χ3n) is 3.78. The van der Waals surface area contributed by atoms with Crippen LogP contribution in [0, 0.1) is 0 Å². The smallest absolute Gasteiger partial charge is 0.0767 e. The summed E-state index contributed by atoms with van der Waals surface area (Å²) in [5, 5.41) is 15.3. The van der Waals surface area contributed by atoms with Gasteiger partial charge in [-0.15, -0.1) is 0 Å². The van der Waals surface area contributed by atoms with E-state index in [0.29, 0.717) is 10.7 Å². The van der Waals surface area contributed by atoms with E-state index in [1.807, 2.05) is 54.6 Å². The molecule has 0 saturated carbocycles. The number of hydrogen-bond acceptors (Lipinski definition) is 3. The Labute approximate surface area is 145 Å². The largest absolute Gasteiger partial charge is 0.545 e. The molecule has 0 radical (unpaired) electrons. The number of hydrogen-bond donors (Lipinski definition) is 1. The third kappa shape index (κ3) is 3.58. The lowest BCUT2D eigenvalue weighted by atomic mass is 9.98. The number of nitrogens with one attached hydrogen (secondary N) is 1. The topological polar surface area (TPSA) is 52.2 Å². The molecule has 0 aromatic heterocycles. The Kier molecular flexibility index (Phi) is 4.82. The second-order valence-electron chi connectivity index (χ2n) is 5.37. The van der Waals surface area contributed by atoms with E-state index in [4.69, 9.17) is 11.6 Å². The molecular formula is C20H15ClNO2-. The van der Waals surface area contributed by atoms with Crippen LogP contribution >= 0.6 is 11.6 Å². The average molecular weight is 337 g/mol. The van der Waals surface area contributed by atoms with Crippen molar-refractivity contribution >= 4 is 23.3 Å². The van der Waals surface area contributed by atoms with Gasteiger partial charge in [0.15, 0.2) is 0 Å². The van der Waals surface area contributed by atoms with Crippen LogP contribution in [0.2, 0.25) is 5.02 Å². The molecule has 0 saturated heterocycles. The van der Waals surface area contributed by atoms with Gasteiger partial charge in [0, 0.05) is 16.3 Å². The van der Waals surface area contributed by atoms with Crippen molar-refractivity contribution in [2.24, 2.45) is 0 Å². The van der Waals surface area contributed by atoms with Crippen molar-refractivity contribution in [3.05, 3.63) is 101 Å². The monoisotopic (exact) mass is 336 g/mol.